The Morgan fingerprint density at radius 3 is 2.39 bits per heavy atom. The number of rotatable bonds is 5. The zero-order valence-corrected chi connectivity index (χ0v) is 11.0. The van der Waals surface area contributed by atoms with Gasteiger partial charge in [0.25, 0.3) is 0 Å². The van der Waals surface area contributed by atoms with Crippen molar-refractivity contribution in [2.75, 3.05) is 0 Å². The molecule has 0 spiro atoms. The largest absolute Gasteiger partial charge is 0.352 e. The second-order valence-corrected chi connectivity index (χ2v) is 5.26. The van der Waals surface area contributed by atoms with Gasteiger partial charge in [0.1, 0.15) is 6.04 Å². The van der Waals surface area contributed by atoms with E-state index in [2.05, 4.69) is 10.6 Å². The van der Waals surface area contributed by atoms with Crippen molar-refractivity contribution in [1.82, 2.24) is 16.1 Å². The molecule has 6 nitrogen and oxygen atoms in total. The molecular formula is C12H23N3O3. The SMILES string of the molecule is CC(C)C[C@H](NC(=O)NO)C(=O)NC1CCCC1. The number of hydrogen-bond acceptors (Lipinski definition) is 3. The van der Waals surface area contributed by atoms with E-state index in [-0.39, 0.29) is 17.9 Å². The van der Waals surface area contributed by atoms with Crippen molar-refractivity contribution in [3.63, 3.8) is 0 Å². The molecule has 6 heteroatoms. The van der Waals surface area contributed by atoms with Crippen LogP contribution in [0, 0.1) is 5.92 Å². The van der Waals surface area contributed by atoms with Gasteiger partial charge in [-0.2, -0.15) is 0 Å². The van der Waals surface area contributed by atoms with E-state index in [1.165, 1.54) is 5.48 Å². The van der Waals surface area contributed by atoms with E-state index in [1.54, 1.807) is 0 Å². The van der Waals surface area contributed by atoms with Crippen LogP contribution in [-0.4, -0.2) is 29.2 Å². The molecule has 1 atom stereocenters. The molecular weight excluding hydrogens is 234 g/mol. The minimum absolute atomic E-state index is 0.167. The highest BCUT2D eigenvalue weighted by Gasteiger charge is 2.25. The lowest BCUT2D eigenvalue weighted by molar-refractivity contribution is -0.124. The van der Waals surface area contributed by atoms with Crippen molar-refractivity contribution in [2.24, 2.45) is 5.92 Å². The molecule has 104 valence electrons. The fourth-order valence-corrected chi connectivity index (χ4v) is 2.27. The lowest BCUT2D eigenvalue weighted by atomic mass is 10.0. The average molecular weight is 257 g/mol. The van der Waals surface area contributed by atoms with Crippen LogP contribution in [0.1, 0.15) is 46.0 Å². The molecule has 1 saturated carbocycles. The van der Waals surface area contributed by atoms with E-state index >= 15 is 0 Å². The summed E-state index contributed by atoms with van der Waals surface area (Å²) in [7, 11) is 0. The fourth-order valence-electron chi connectivity index (χ4n) is 2.27. The van der Waals surface area contributed by atoms with Crippen LogP contribution in [0.2, 0.25) is 0 Å². The van der Waals surface area contributed by atoms with Crippen LogP contribution in [-0.2, 0) is 4.79 Å². The van der Waals surface area contributed by atoms with Crippen LogP contribution in [0.5, 0.6) is 0 Å². The number of hydroxylamine groups is 1. The van der Waals surface area contributed by atoms with E-state index in [0.717, 1.165) is 25.7 Å². The third kappa shape index (κ3) is 4.91. The number of hydrogen-bond donors (Lipinski definition) is 4. The lowest BCUT2D eigenvalue weighted by Crippen LogP contribution is -2.51. The summed E-state index contributed by atoms with van der Waals surface area (Å²) in [4.78, 5) is 23.1. The smallest absolute Gasteiger partial charge is 0.339 e. The Balaban J connectivity index is 2.50. The minimum Gasteiger partial charge on any atom is -0.352 e. The van der Waals surface area contributed by atoms with Crippen LogP contribution < -0.4 is 16.1 Å². The van der Waals surface area contributed by atoms with Gasteiger partial charge in [0.15, 0.2) is 0 Å². The number of amides is 3. The average Bonchev–Trinajstić information content (AvgIpc) is 2.80. The molecule has 0 bridgehead atoms. The quantitative estimate of drug-likeness (QED) is 0.440. The predicted molar refractivity (Wildman–Crippen MR) is 67.1 cm³/mol. The Kier molecular flexibility index (Phi) is 5.91. The molecule has 3 amide bonds. The normalized spacial score (nSPS) is 17.6. The molecule has 0 unspecified atom stereocenters. The van der Waals surface area contributed by atoms with E-state index in [9.17, 15) is 9.59 Å². The fraction of sp³-hybridized carbons (Fsp3) is 0.833. The van der Waals surface area contributed by atoms with Gasteiger partial charge in [0.2, 0.25) is 5.91 Å². The zero-order valence-electron chi connectivity index (χ0n) is 11.0. The van der Waals surface area contributed by atoms with Crippen LogP contribution in [0.3, 0.4) is 0 Å². The Labute approximate surface area is 107 Å². The highest BCUT2D eigenvalue weighted by Crippen LogP contribution is 2.18. The molecule has 1 rings (SSSR count). The third-order valence-corrected chi connectivity index (χ3v) is 3.13. The van der Waals surface area contributed by atoms with Crippen LogP contribution in [0.4, 0.5) is 4.79 Å². The maximum atomic E-state index is 12.1. The van der Waals surface area contributed by atoms with Crippen LogP contribution >= 0.6 is 0 Å². The van der Waals surface area contributed by atoms with Crippen molar-refractivity contribution in [2.45, 2.75) is 58.0 Å². The van der Waals surface area contributed by atoms with Crippen molar-refractivity contribution in [3.8, 4) is 0 Å². The Hall–Kier alpha value is -1.30. The van der Waals surface area contributed by atoms with Gasteiger partial charge in [-0.05, 0) is 25.2 Å². The molecule has 1 fully saturated rings. The Morgan fingerprint density at radius 2 is 1.89 bits per heavy atom. The number of nitrogens with one attached hydrogen (secondary N) is 3. The molecule has 1 aliphatic rings. The number of carbonyl (C=O) groups is 2. The summed E-state index contributed by atoms with van der Waals surface area (Å²) in [5.74, 6) is 0.113. The van der Waals surface area contributed by atoms with Gasteiger partial charge in [-0.15, -0.1) is 0 Å². The van der Waals surface area contributed by atoms with Gasteiger partial charge < -0.3 is 10.6 Å². The summed E-state index contributed by atoms with van der Waals surface area (Å²) in [5.41, 5.74) is 1.49. The Bertz CT molecular complexity index is 288. The van der Waals surface area contributed by atoms with Gasteiger partial charge in [-0.25, -0.2) is 10.3 Å². The highest BCUT2D eigenvalue weighted by molar-refractivity contribution is 5.86. The summed E-state index contributed by atoms with van der Waals surface area (Å²) in [6, 6.07) is -1.12. The van der Waals surface area contributed by atoms with Crippen molar-refractivity contribution < 1.29 is 14.8 Å². The van der Waals surface area contributed by atoms with Gasteiger partial charge in [-0.3, -0.25) is 10.0 Å². The van der Waals surface area contributed by atoms with Crippen molar-refractivity contribution >= 4 is 11.9 Å². The molecule has 0 heterocycles. The van der Waals surface area contributed by atoms with Gasteiger partial charge in [0.05, 0.1) is 0 Å². The molecule has 0 aliphatic heterocycles. The van der Waals surface area contributed by atoms with Crippen LogP contribution in [0.15, 0.2) is 0 Å². The minimum atomic E-state index is -0.748. The summed E-state index contributed by atoms with van der Waals surface area (Å²) >= 11 is 0. The molecule has 0 aromatic carbocycles. The second-order valence-electron chi connectivity index (χ2n) is 5.26. The van der Waals surface area contributed by atoms with E-state index in [0.29, 0.717) is 6.42 Å². The third-order valence-electron chi connectivity index (χ3n) is 3.13. The first-order valence-corrected chi connectivity index (χ1v) is 6.54. The first-order valence-electron chi connectivity index (χ1n) is 6.54. The predicted octanol–water partition coefficient (Wildman–Crippen LogP) is 1.15. The molecule has 0 aromatic heterocycles. The number of urea groups is 1. The Morgan fingerprint density at radius 1 is 1.28 bits per heavy atom. The molecule has 18 heavy (non-hydrogen) atoms. The highest BCUT2D eigenvalue weighted by atomic mass is 16.5. The maximum Gasteiger partial charge on any atom is 0.339 e. The summed E-state index contributed by atoms with van der Waals surface area (Å²) in [5, 5.41) is 13.9. The second kappa shape index (κ2) is 7.20. The maximum absolute atomic E-state index is 12.1. The molecule has 4 N–H and O–H groups in total. The van der Waals surface area contributed by atoms with Crippen molar-refractivity contribution in [3.05, 3.63) is 0 Å². The van der Waals surface area contributed by atoms with Gasteiger partial charge in [0, 0.05) is 6.04 Å². The zero-order chi connectivity index (χ0) is 13.5. The monoisotopic (exact) mass is 257 g/mol. The summed E-state index contributed by atoms with van der Waals surface area (Å²) in [6.45, 7) is 3.96. The van der Waals surface area contributed by atoms with E-state index in [1.807, 2.05) is 13.8 Å². The van der Waals surface area contributed by atoms with E-state index in [4.69, 9.17) is 5.21 Å². The standard InChI is InChI=1S/C12H23N3O3/c1-8(2)7-10(14-12(17)15-18)11(16)13-9-5-3-4-6-9/h8-10,18H,3-7H2,1-2H3,(H,13,16)(H2,14,15,17)/t10-/m0/s1. The van der Waals surface area contributed by atoms with Gasteiger partial charge in [-0.1, -0.05) is 26.7 Å². The van der Waals surface area contributed by atoms with Crippen LogP contribution in [0.25, 0.3) is 0 Å². The topological polar surface area (TPSA) is 90.5 Å². The first-order chi connectivity index (χ1) is 8.52. The molecule has 0 radical (unpaired) electrons. The molecule has 1 aliphatic carbocycles. The van der Waals surface area contributed by atoms with Crippen molar-refractivity contribution in [1.29, 1.82) is 0 Å². The molecule has 0 aromatic rings. The summed E-state index contributed by atoms with van der Waals surface area (Å²) in [6.07, 6.45) is 4.85. The van der Waals surface area contributed by atoms with E-state index < -0.39 is 12.1 Å². The summed E-state index contributed by atoms with van der Waals surface area (Å²) < 4.78 is 0. The first kappa shape index (κ1) is 14.8. The van der Waals surface area contributed by atoms with Gasteiger partial charge >= 0.3 is 6.03 Å². The lowest BCUT2D eigenvalue weighted by Gasteiger charge is -2.22. The number of carbonyl (C=O) groups excluding carboxylic acids is 2. The molecule has 0 saturated heterocycles.